The van der Waals surface area contributed by atoms with E-state index >= 15 is 0 Å². The fourth-order valence-corrected chi connectivity index (χ4v) is 3.42. The van der Waals surface area contributed by atoms with E-state index in [9.17, 15) is 4.79 Å². The number of carbonyl (C=O) groups excluding carboxylic acids is 1. The zero-order valence-corrected chi connectivity index (χ0v) is 11.1. The number of fused-ring (bicyclic) bond motifs is 1. The third-order valence-electron chi connectivity index (χ3n) is 2.62. The molecule has 0 N–H and O–H groups in total. The largest absolute Gasteiger partial charge is 0.464 e. The van der Waals surface area contributed by atoms with E-state index in [4.69, 9.17) is 4.42 Å². The van der Waals surface area contributed by atoms with Crippen molar-refractivity contribution in [2.45, 2.75) is 4.21 Å². The average molecular weight is 274 g/mol. The smallest absolute Gasteiger partial charge is 0.176 e. The minimum absolute atomic E-state index is 0.110. The molecule has 0 saturated carbocycles. The molecule has 0 radical (unpaired) electrons. The van der Waals surface area contributed by atoms with Gasteiger partial charge in [-0.15, -0.1) is 23.1 Å². The number of rotatable bonds is 4. The van der Waals surface area contributed by atoms with Crippen LogP contribution in [0.4, 0.5) is 0 Å². The van der Waals surface area contributed by atoms with E-state index in [1.54, 1.807) is 29.4 Å². The highest BCUT2D eigenvalue weighted by Gasteiger charge is 2.13. The molecule has 3 rings (SSSR count). The van der Waals surface area contributed by atoms with Gasteiger partial charge >= 0.3 is 0 Å². The number of thioether (sulfide) groups is 1. The van der Waals surface area contributed by atoms with Gasteiger partial charge in [-0.25, -0.2) is 0 Å². The van der Waals surface area contributed by atoms with Crippen molar-refractivity contribution >= 4 is 39.9 Å². The van der Waals surface area contributed by atoms with Crippen molar-refractivity contribution in [1.82, 2.24) is 0 Å². The van der Waals surface area contributed by atoms with Gasteiger partial charge < -0.3 is 4.42 Å². The Labute approximate surface area is 113 Å². The molecule has 0 atom stereocenters. The highest BCUT2D eigenvalue weighted by Crippen LogP contribution is 2.26. The van der Waals surface area contributed by atoms with Gasteiger partial charge in [-0.2, -0.15) is 0 Å². The quantitative estimate of drug-likeness (QED) is 0.519. The molecule has 0 spiro atoms. The molecule has 2 heterocycles. The Hall–Kier alpha value is -1.52. The standard InChI is InChI=1S/C14H10O2S2/c15-12(9-18-14-6-3-7-17-14)11-8-16-13-5-2-1-4-10(11)13/h1-8H,9H2. The van der Waals surface area contributed by atoms with E-state index in [2.05, 4.69) is 0 Å². The lowest BCUT2D eigenvalue weighted by molar-refractivity contribution is 0.102. The van der Waals surface area contributed by atoms with Crippen LogP contribution in [0.2, 0.25) is 0 Å². The summed E-state index contributed by atoms with van der Waals surface area (Å²) in [5.74, 6) is 0.558. The average Bonchev–Trinajstić information content (AvgIpc) is 3.05. The summed E-state index contributed by atoms with van der Waals surface area (Å²) in [7, 11) is 0. The fourth-order valence-electron chi connectivity index (χ4n) is 1.75. The first kappa shape index (κ1) is 11.6. The Bertz CT molecular complexity index is 668. The summed E-state index contributed by atoms with van der Waals surface area (Å²) in [6.07, 6.45) is 1.56. The SMILES string of the molecule is O=C(CSc1cccs1)c1coc2ccccc12. The van der Waals surface area contributed by atoms with Crippen LogP contribution < -0.4 is 0 Å². The van der Waals surface area contributed by atoms with Gasteiger partial charge in [0.25, 0.3) is 0 Å². The molecule has 1 aromatic carbocycles. The summed E-state index contributed by atoms with van der Waals surface area (Å²) in [5, 5.41) is 2.91. The van der Waals surface area contributed by atoms with Gasteiger partial charge in [0.15, 0.2) is 5.78 Å². The minimum atomic E-state index is 0.110. The second-order valence-corrected chi connectivity index (χ2v) is 6.01. The Balaban J connectivity index is 1.80. The van der Waals surface area contributed by atoms with Crippen molar-refractivity contribution in [3.8, 4) is 0 Å². The number of thiophene rings is 1. The molecule has 2 aromatic heterocycles. The van der Waals surface area contributed by atoms with Crippen LogP contribution in [0.5, 0.6) is 0 Å². The molecule has 2 nitrogen and oxygen atoms in total. The molecule has 0 bridgehead atoms. The summed E-state index contributed by atoms with van der Waals surface area (Å²) < 4.78 is 6.54. The number of para-hydroxylation sites is 1. The lowest BCUT2D eigenvalue weighted by atomic mass is 10.1. The highest BCUT2D eigenvalue weighted by atomic mass is 32.2. The van der Waals surface area contributed by atoms with Gasteiger partial charge in [0.1, 0.15) is 11.8 Å². The van der Waals surface area contributed by atoms with Gasteiger partial charge in [-0.05, 0) is 17.5 Å². The number of furan rings is 1. The monoisotopic (exact) mass is 274 g/mol. The summed E-state index contributed by atoms with van der Waals surface area (Å²) in [4.78, 5) is 12.1. The number of Topliss-reactive ketones (excluding diaryl/α,β-unsaturated/α-hetero) is 1. The second-order valence-electron chi connectivity index (χ2n) is 3.79. The molecule has 18 heavy (non-hydrogen) atoms. The number of hydrogen-bond acceptors (Lipinski definition) is 4. The first-order chi connectivity index (χ1) is 8.84. The molecule has 0 fully saturated rings. The van der Waals surface area contributed by atoms with Crippen molar-refractivity contribution < 1.29 is 9.21 Å². The highest BCUT2D eigenvalue weighted by molar-refractivity contribution is 8.01. The van der Waals surface area contributed by atoms with Crippen LogP contribution in [-0.2, 0) is 0 Å². The Morgan fingerprint density at radius 2 is 2.11 bits per heavy atom. The number of carbonyl (C=O) groups is 1. The lowest BCUT2D eigenvalue weighted by Gasteiger charge is -1.97. The summed E-state index contributed by atoms with van der Waals surface area (Å²) >= 11 is 3.22. The third-order valence-corrected chi connectivity index (χ3v) is 4.75. The maximum atomic E-state index is 12.1. The van der Waals surface area contributed by atoms with Crippen molar-refractivity contribution in [2.24, 2.45) is 0 Å². The minimum Gasteiger partial charge on any atom is -0.464 e. The predicted octanol–water partition coefficient (Wildman–Crippen LogP) is 4.47. The van der Waals surface area contributed by atoms with Crippen LogP contribution >= 0.6 is 23.1 Å². The van der Waals surface area contributed by atoms with Crippen LogP contribution in [0.3, 0.4) is 0 Å². The molecular weight excluding hydrogens is 264 g/mol. The van der Waals surface area contributed by atoms with Gasteiger partial charge in [-0.3, -0.25) is 4.79 Å². The Morgan fingerprint density at radius 1 is 1.22 bits per heavy atom. The van der Waals surface area contributed by atoms with Gasteiger partial charge in [0.2, 0.25) is 0 Å². The summed E-state index contributed by atoms with van der Waals surface area (Å²) in [6.45, 7) is 0. The molecule has 0 unspecified atom stereocenters. The first-order valence-electron chi connectivity index (χ1n) is 5.50. The molecule has 4 heteroatoms. The van der Waals surface area contributed by atoms with E-state index in [1.807, 2.05) is 41.8 Å². The molecule has 3 aromatic rings. The van der Waals surface area contributed by atoms with Crippen LogP contribution in [0.25, 0.3) is 11.0 Å². The van der Waals surface area contributed by atoms with E-state index in [0.717, 1.165) is 15.2 Å². The maximum Gasteiger partial charge on any atom is 0.176 e. The van der Waals surface area contributed by atoms with Gasteiger partial charge in [-0.1, -0.05) is 24.3 Å². The molecule has 0 amide bonds. The lowest BCUT2D eigenvalue weighted by Crippen LogP contribution is -2.00. The summed E-state index contributed by atoms with van der Waals surface area (Å²) in [6, 6.07) is 11.6. The Morgan fingerprint density at radius 3 is 2.94 bits per heavy atom. The van der Waals surface area contributed by atoms with Crippen molar-refractivity contribution in [1.29, 1.82) is 0 Å². The topological polar surface area (TPSA) is 30.2 Å². The normalized spacial score (nSPS) is 10.9. The third kappa shape index (κ3) is 2.21. The number of benzene rings is 1. The summed E-state index contributed by atoms with van der Waals surface area (Å²) in [5.41, 5.74) is 1.44. The molecule has 0 aliphatic heterocycles. The van der Waals surface area contributed by atoms with Gasteiger partial charge in [0.05, 0.1) is 15.5 Å². The van der Waals surface area contributed by atoms with Crippen molar-refractivity contribution in [2.75, 3.05) is 5.75 Å². The van der Waals surface area contributed by atoms with Crippen LogP contribution in [0.15, 0.2) is 56.7 Å². The maximum absolute atomic E-state index is 12.1. The molecule has 0 saturated heterocycles. The van der Waals surface area contributed by atoms with Crippen LogP contribution in [-0.4, -0.2) is 11.5 Å². The number of hydrogen-bond donors (Lipinski definition) is 0. The number of ketones is 1. The van der Waals surface area contributed by atoms with E-state index < -0.39 is 0 Å². The molecule has 90 valence electrons. The van der Waals surface area contributed by atoms with E-state index in [-0.39, 0.29) is 5.78 Å². The van der Waals surface area contributed by atoms with Crippen LogP contribution in [0.1, 0.15) is 10.4 Å². The molecular formula is C14H10O2S2. The predicted molar refractivity (Wildman–Crippen MR) is 75.6 cm³/mol. The van der Waals surface area contributed by atoms with E-state index in [0.29, 0.717) is 11.3 Å². The molecule has 0 aliphatic rings. The van der Waals surface area contributed by atoms with Crippen molar-refractivity contribution in [3.05, 3.63) is 53.6 Å². The zero-order valence-electron chi connectivity index (χ0n) is 9.46. The first-order valence-corrected chi connectivity index (χ1v) is 7.37. The Kier molecular flexibility index (Phi) is 3.21. The van der Waals surface area contributed by atoms with E-state index in [1.165, 1.54) is 0 Å². The second kappa shape index (κ2) is 5.00. The molecule has 0 aliphatic carbocycles. The fraction of sp³-hybridized carbons (Fsp3) is 0.0714. The van der Waals surface area contributed by atoms with Crippen LogP contribution in [0, 0.1) is 0 Å². The zero-order chi connectivity index (χ0) is 12.4. The van der Waals surface area contributed by atoms with Crippen molar-refractivity contribution in [3.63, 3.8) is 0 Å². The van der Waals surface area contributed by atoms with Gasteiger partial charge in [0, 0.05) is 5.39 Å².